The van der Waals surface area contributed by atoms with Crippen LogP contribution in [0.4, 0.5) is 0 Å². The average Bonchev–Trinajstić information content (AvgIpc) is 2.60. The van der Waals surface area contributed by atoms with Gasteiger partial charge in [-0.3, -0.25) is 0 Å². The van der Waals surface area contributed by atoms with Gasteiger partial charge < -0.3 is 15.0 Å². The third-order valence-electron chi connectivity index (χ3n) is 2.33. The van der Waals surface area contributed by atoms with Crippen LogP contribution in [-0.4, -0.2) is 22.7 Å². The van der Waals surface area contributed by atoms with Gasteiger partial charge in [0, 0.05) is 30.2 Å². The van der Waals surface area contributed by atoms with Crippen LogP contribution in [0.1, 0.15) is 6.92 Å². The quantitative estimate of drug-likeness (QED) is 0.823. The highest BCUT2D eigenvalue weighted by molar-refractivity contribution is 5.80. The second-order valence-electron chi connectivity index (χ2n) is 3.73. The second-order valence-corrected chi connectivity index (χ2v) is 3.73. The fraction of sp³-hybridized carbons (Fsp3) is 0.364. The van der Waals surface area contributed by atoms with Gasteiger partial charge in [0.25, 0.3) is 0 Å². The molecule has 0 amide bonds. The second kappa shape index (κ2) is 3.90. The monoisotopic (exact) mass is 205 g/mol. The number of rotatable bonds is 3. The molecule has 0 spiro atoms. The number of methoxy groups -OCH3 is 1. The molecule has 0 aliphatic carbocycles. The molecule has 4 nitrogen and oxygen atoms in total. The number of fused-ring (bicyclic) bond motifs is 1. The molecule has 2 N–H and O–H groups in total. The zero-order valence-electron chi connectivity index (χ0n) is 8.97. The van der Waals surface area contributed by atoms with Gasteiger partial charge in [-0.1, -0.05) is 0 Å². The van der Waals surface area contributed by atoms with Crippen LogP contribution >= 0.6 is 0 Å². The van der Waals surface area contributed by atoms with Crippen LogP contribution < -0.4 is 10.5 Å². The summed E-state index contributed by atoms with van der Waals surface area (Å²) < 4.78 is 7.17. The van der Waals surface area contributed by atoms with Crippen molar-refractivity contribution in [1.82, 2.24) is 9.55 Å². The Bertz CT molecular complexity index is 462. The minimum Gasteiger partial charge on any atom is -0.481 e. The molecule has 15 heavy (non-hydrogen) atoms. The van der Waals surface area contributed by atoms with E-state index in [-0.39, 0.29) is 6.04 Å². The summed E-state index contributed by atoms with van der Waals surface area (Å²) in [4.78, 5) is 4.18. The van der Waals surface area contributed by atoms with Crippen molar-refractivity contribution in [3.63, 3.8) is 0 Å². The van der Waals surface area contributed by atoms with E-state index in [2.05, 4.69) is 9.55 Å². The van der Waals surface area contributed by atoms with Crippen LogP contribution in [0, 0.1) is 0 Å². The lowest BCUT2D eigenvalue weighted by Crippen LogP contribution is -2.21. The van der Waals surface area contributed by atoms with Gasteiger partial charge in [-0.05, 0) is 13.0 Å². The molecule has 0 bridgehead atoms. The predicted molar refractivity (Wildman–Crippen MR) is 59.9 cm³/mol. The molecule has 0 aliphatic heterocycles. The van der Waals surface area contributed by atoms with Crippen molar-refractivity contribution in [3.05, 3.63) is 24.5 Å². The van der Waals surface area contributed by atoms with Gasteiger partial charge >= 0.3 is 0 Å². The summed E-state index contributed by atoms with van der Waals surface area (Å²) in [6.45, 7) is 2.79. The smallest absolute Gasteiger partial charge is 0.213 e. The van der Waals surface area contributed by atoms with Gasteiger partial charge in [-0.25, -0.2) is 4.98 Å². The lowest BCUT2D eigenvalue weighted by atomic mass is 10.3. The number of ether oxygens (including phenoxy) is 1. The van der Waals surface area contributed by atoms with E-state index in [0.717, 1.165) is 17.4 Å². The minimum atomic E-state index is 0.141. The maximum Gasteiger partial charge on any atom is 0.213 e. The summed E-state index contributed by atoms with van der Waals surface area (Å²) in [7, 11) is 1.62. The van der Waals surface area contributed by atoms with Crippen LogP contribution in [0.2, 0.25) is 0 Å². The predicted octanol–water partition coefficient (Wildman–Crippen LogP) is 1.39. The van der Waals surface area contributed by atoms with Gasteiger partial charge in [0.2, 0.25) is 5.88 Å². The van der Waals surface area contributed by atoms with Crippen molar-refractivity contribution in [1.29, 1.82) is 0 Å². The first-order valence-electron chi connectivity index (χ1n) is 4.95. The van der Waals surface area contributed by atoms with E-state index in [1.54, 1.807) is 7.11 Å². The van der Waals surface area contributed by atoms with Crippen LogP contribution in [-0.2, 0) is 6.54 Å². The molecule has 2 aromatic heterocycles. The van der Waals surface area contributed by atoms with E-state index in [1.807, 2.05) is 31.5 Å². The van der Waals surface area contributed by atoms with Crippen LogP contribution in [0.25, 0.3) is 10.9 Å². The Balaban J connectivity index is 2.43. The third kappa shape index (κ3) is 1.94. The summed E-state index contributed by atoms with van der Waals surface area (Å²) in [5, 5.41) is 1.13. The van der Waals surface area contributed by atoms with Crippen LogP contribution in [0.15, 0.2) is 24.5 Å². The molecule has 0 saturated heterocycles. The highest BCUT2D eigenvalue weighted by Gasteiger charge is 2.04. The molecular formula is C11H15N3O. The number of nitrogens with zero attached hydrogens (tertiary/aromatic N) is 2. The lowest BCUT2D eigenvalue weighted by Gasteiger charge is -2.08. The highest BCUT2D eigenvalue weighted by atomic mass is 16.5. The standard InChI is InChI=1S/C11H15N3O/c1-8(12)7-14-4-3-9-5-11(15-2)13-6-10(9)14/h3-6,8H,7,12H2,1-2H3. The molecule has 80 valence electrons. The Morgan fingerprint density at radius 1 is 1.60 bits per heavy atom. The lowest BCUT2D eigenvalue weighted by molar-refractivity contribution is 0.398. The molecule has 0 aromatic carbocycles. The Morgan fingerprint density at radius 3 is 3.07 bits per heavy atom. The largest absolute Gasteiger partial charge is 0.481 e. The maximum absolute atomic E-state index is 5.76. The van der Waals surface area contributed by atoms with Gasteiger partial charge in [-0.2, -0.15) is 0 Å². The molecule has 1 atom stereocenters. The fourth-order valence-electron chi connectivity index (χ4n) is 1.65. The van der Waals surface area contributed by atoms with Crippen molar-refractivity contribution >= 4 is 10.9 Å². The summed E-state index contributed by atoms with van der Waals surface area (Å²) in [5.41, 5.74) is 6.86. The Labute approximate surface area is 88.7 Å². The van der Waals surface area contributed by atoms with Gasteiger partial charge in [0.1, 0.15) is 0 Å². The van der Waals surface area contributed by atoms with Crippen molar-refractivity contribution in [2.45, 2.75) is 19.5 Å². The van der Waals surface area contributed by atoms with E-state index in [4.69, 9.17) is 10.5 Å². The number of hydrogen-bond donors (Lipinski definition) is 1. The molecule has 4 heteroatoms. The Morgan fingerprint density at radius 2 is 2.40 bits per heavy atom. The van der Waals surface area contributed by atoms with Gasteiger partial charge in [0.15, 0.2) is 0 Å². The number of aromatic nitrogens is 2. The first kappa shape index (κ1) is 9.98. The first-order chi connectivity index (χ1) is 7.20. The van der Waals surface area contributed by atoms with Crippen molar-refractivity contribution in [2.75, 3.05) is 7.11 Å². The van der Waals surface area contributed by atoms with E-state index in [9.17, 15) is 0 Å². The van der Waals surface area contributed by atoms with Crippen molar-refractivity contribution in [3.8, 4) is 5.88 Å². The van der Waals surface area contributed by atoms with Crippen molar-refractivity contribution < 1.29 is 4.74 Å². The highest BCUT2D eigenvalue weighted by Crippen LogP contribution is 2.19. The molecule has 1 unspecified atom stereocenters. The Kier molecular flexibility index (Phi) is 2.60. The zero-order chi connectivity index (χ0) is 10.8. The SMILES string of the molecule is COc1cc2ccn(CC(C)N)c2cn1. The Hall–Kier alpha value is -1.55. The van der Waals surface area contributed by atoms with Crippen molar-refractivity contribution in [2.24, 2.45) is 5.73 Å². The van der Waals surface area contributed by atoms with Gasteiger partial charge in [-0.15, -0.1) is 0 Å². The molecule has 0 aliphatic rings. The molecule has 0 saturated carbocycles. The number of pyridine rings is 1. The number of hydrogen-bond acceptors (Lipinski definition) is 3. The summed E-state index contributed by atoms with van der Waals surface area (Å²) in [6, 6.07) is 4.11. The van der Waals surface area contributed by atoms with Crippen LogP contribution in [0.5, 0.6) is 5.88 Å². The molecule has 2 aromatic rings. The van der Waals surface area contributed by atoms with E-state index < -0.39 is 0 Å². The normalized spacial score (nSPS) is 13.0. The first-order valence-corrected chi connectivity index (χ1v) is 4.95. The zero-order valence-corrected chi connectivity index (χ0v) is 8.97. The summed E-state index contributed by atoms with van der Waals surface area (Å²) in [6.07, 6.45) is 3.84. The topological polar surface area (TPSA) is 53.1 Å². The maximum atomic E-state index is 5.76. The molecule has 0 radical (unpaired) electrons. The molecule has 2 rings (SSSR count). The van der Waals surface area contributed by atoms with Crippen LogP contribution in [0.3, 0.4) is 0 Å². The van der Waals surface area contributed by atoms with E-state index in [0.29, 0.717) is 5.88 Å². The molecule has 0 fully saturated rings. The fourth-order valence-corrected chi connectivity index (χ4v) is 1.65. The summed E-state index contributed by atoms with van der Waals surface area (Å²) >= 11 is 0. The number of nitrogens with two attached hydrogens (primary N) is 1. The van der Waals surface area contributed by atoms with Gasteiger partial charge in [0.05, 0.1) is 18.8 Å². The molecular weight excluding hydrogens is 190 g/mol. The average molecular weight is 205 g/mol. The minimum absolute atomic E-state index is 0.141. The van der Waals surface area contributed by atoms with E-state index in [1.165, 1.54) is 0 Å². The third-order valence-corrected chi connectivity index (χ3v) is 2.33. The summed E-state index contributed by atoms with van der Waals surface area (Å²) in [5.74, 6) is 0.640. The van der Waals surface area contributed by atoms with E-state index >= 15 is 0 Å². The molecule has 2 heterocycles.